The Hall–Kier alpha value is -2.04. The Morgan fingerprint density at radius 3 is 2.50 bits per heavy atom. The maximum atomic E-state index is 12.4. The number of nitrogens with one attached hydrogen (secondary N) is 1. The standard InChI is InChI=1S/C19H22ClNO3/c1-13(2)24-12-16-10-15(6-9-18(16)23-3)19(22)21-11-14-4-7-17(20)8-5-14/h4-10,13H,11-12H2,1-3H3,(H,21,22). The highest BCUT2D eigenvalue weighted by atomic mass is 35.5. The van der Waals surface area contributed by atoms with E-state index in [0.717, 1.165) is 11.1 Å². The van der Waals surface area contributed by atoms with Gasteiger partial charge in [-0.1, -0.05) is 23.7 Å². The Kier molecular flexibility index (Phi) is 6.64. The van der Waals surface area contributed by atoms with Crippen LogP contribution in [0.5, 0.6) is 5.75 Å². The van der Waals surface area contributed by atoms with Crippen molar-refractivity contribution in [1.29, 1.82) is 0 Å². The average molecular weight is 348 g/mol. The van der Waals surface area contributed by atoms with Gasteiger partial charge in [0.15, 0.2) is 0 Å². The molecule has 0 spiro atoms. The van der Waals surface area contributed by atoms with Crippen molar-refractivity contribution in [1.82, 2.24) is 5.32 Å². The summed E-state index contributed by atoms with van der Waals surface area (Å²) in [6.07, 6.45) is 0.108. The molecule has 5 heteroatoms. The maximum Gasteiger partial charge on any atom is 0.251 e. The quantitative estimate of drug-likeness (QED) is 0.816. The number of halogens is 1. The molecule has 0 atom stereocenters. The molecule has 2 rings (SSSR count). The molecule has 1 N–H and O–H groups in total. The van der Waals surface area contributed by atoms with Gasteiger partial charge >= 0.3 is 0 Å². The molecule has 0 radical (unpaired) electrons. The van der Waals surface area contributed by atoms with Gasteiger partial charge in [-0.15, -0.1) is 0 Å². The van der Waals surface area contributed by atoms with Crippen LogP contribution in [0.3, 0.4) is 0 Å². The third-order valence-corrected chi connectivity index (χ3v) is 3.73. The van der Waals surface area contributed by atoms with Crippen molar-refractivity contribution in [3.05, 3.63) is 64.2 Å². The van der Waals surface area contributed by atoms with Crippen molar-refractivity contribution < 1.29 is 14.3 Å². The van der Waals surface area contributed by atoms with E-state index in [0.29, 0.717) is 29.5 Å². The van der Waals surface area contributed by atoms with Crippen LogP contribution < -0.4 is 10.1 Å². The number of hydrogen-bond donors (Lipinski definition) is 1. The van der Waals surface area contributed by atoms with E-state index in [1.165, 1.54) is 0 Å². The van der Waals surface area contributed by atoms with Gasteiger partial charge in [0.05, 0.1) is 19.8 Å². The highest BCUT2D eigenvalue weighted by Gasteiger charge is 2.11. The number of ether oxygens (including phenoxy) is 2. The van der Waals surface area contributed by atoms with E-state index in [1.807, 2.05) is 26.0 Å². The molecule has 1 amide bonds. The number of carbonyl (C=O) groups is 1. The molecule has 0 unspecified atom stereocenters. The summed E-state index contributed by atoms with van der Waals surface area (Å²) in [5.41, 5.74) is 2.42. The zero-order valence-corrected chi connectivity index (χ0v) is 14.9. The Bertz CT molecular complexity index is 684. The zero-order valence-electron chi connectivity index (χ0n) is 14.1. The lowest BCUT2D eigenvalue weighted by molar-refractivity contribution is 0.0644. The van der Waals surface area contributed by atoms with Crippen molar-refractivity contribution in [3.8, 4) is 5.75 Å². The predicted octanol–water partition coefficient (Wildman–Crippen LogP) is 4.20. The average Bonchev–Trinajstić information content (AvgIpc) is 2.58. The molecule has 2 aromatic rings. The van der Waals surface area contributed by atoms with Crippen molar-refractivity contribution in [2.45, 2.75) is 33.1 Å². The molecule has 128 valence electrons. The topological polar surface area (TPSA) is 47.6 Å². The molecule has 4 nitrogen and oxygen atoms in total. The minimum Gasteiger partial charge on any atom is -0.496 e. The van der Waals surface area contributed by atoms with Crippen LogP contribution in [0.1, 0.15) is 35.3 Å². The maximum absolute atomic E-state index is 12.4. The second-order valence-corrected chi connectivity index (χ2v) is 6.13. The van der Waals surface area contributed by atoms with Crippen LogP contribution in [0.25, 0.3) is 0 Å². The normalized spacial score (nSPS) is 10.7. The van der Waals surface area contributed by atoms with Crippen LogP contribution in [0.2, 0.25) is 5.02 Å². The van der Waals surface area contributed by atoms with Crippen LogP contribution in [0.4, 0.5) is 0 Å². The van der Waals surface area contributed by atoms with Gasteiger partial charge in [-0.3, -0.25) is 4.79 Å². The minimum absolute atomic E-state index is 0.108. The zero-order chi connectivity index (χ0) is 17.5. The van der Waals surface area contributed by atoms with Gasteiger partial charge in [-0.05, 0) is 49.7 Å². The number of rotatable bonds is 7. The SMILES string of the molecule is COc1ccc(C(=O)NCc2ccc(Cl)cc2)cc1COC(C)C. The summed E-state index contributed by atoms with van der Waals surface area (Å²) in [6.45, 7) is 4.78. The van der Waals surface area contributed by atoms with Gasteiger partial charge in [0, 0.05) is 22.7 Å². The first kappa shape index (κ1) is 18.3. The van der Waals surface area contributed by atoms with Gasteiger partial charge in [-0.25, -0.2) is 0 Å². The number of hydrogen-bond acceptors (Lipinski definition) is 3. The molecule has 0 aromatic heterocycles. The second kappa shape index (κ2) is 8.71. The minimum atomic E-state index is -0.140. The summed E-state index contributed by atoms with van der Waals surface area (Å²) in [4.78, 5) is 12.4. The summed E-state index contributed by atoms with van der Waals surface area (Å²) in [5.74, 6) is 0.573. The number of methoxy groups -OCH3 is 1. The summed E-state index contributed by atoms with van der Waals surface area (Å²) in [7, 11) is 1.61. The number of benzene rings is 2. The van der Waals surface area contributed by atoms with E-state index >= 15 is 0 Å². The third-order valence-electron chi connectivity index (χ3n) is 3.48. The molecule has 0 aliphatic heterocycles. The highest BCUT2D eigenvalue weighted by Crippen LogP contribution is 2.21. The van der Waals surface area contributed by atoms with Crippen LogP contribution in [-0.2, 0) is 17.9 Å². The highest BCUT2D eigenvalue weighted by molar-refractivity contribution is 6.30. The van der Waals surface area contributed by atoms with Crippen LogP contribution in [0, 0.1) is 0 Å². The van der Waals surface area contributed by atoms with E-state index in [2.05, 4.69) is 5.32 Å². The van der Waals surface area contributed by atoms with Gasteiger partial charge in [-0.2, -0.15) is 0 Å². The largest absolute Gasteiger partial charge is 0.496 e. The van der Waals surface area contributed by atoms with Gasteiger partial charge < -0.3 is 14.8 Å². The summed E-state index contributed by atoms with van der Waals surface area (Å²) in [5, 5.41) is 3.58. The van der Waals surface area contributed by atoms with E-state index in [-0.39, 0.29) is 12.0 Å². The molecule has 0 bridgehead atoms. The third kappa shape index (κ3) is 5.25. The van der Waals surface area contributed by atoms with E-state index < -0.39 is 0 Å². The van der Waals surface area contributed by atoms with Crippen molar-refractivity contribution in [2.75, 3.05) is 7.11 Å². The van der Waals surface area contributed by atoms with Crippen LogP contribution in [-0.4, -0.2) is 19.1 Å². The summed E-state index contributed by atoms with van der Waals surface area (Å²) >= 11 is 5.86. The van der Waals surface area contributed by atoms with Crippen LogP contribution in [0.15, 0.2) is 42.5 Å². The molecule has 2 aromatic carbocycles. The fraction of sp³-hybridized carbons (Fsp3) is 0.316. The van der Waals surface area contributed by atoms with E-state index in [9.17, 15) is 4.79 Å². The van der Waals surface area contributed by atoms with Crippen LogP contribution >= 0.6 is 11.6 Å². The Morgan fingerprint density at radius 2 is 1.88 bits per heavy atom. The first-order valence-electron chi connectivity index (χ1n) is 7.80. The fourth-order valence-electron chi connectivity index (χ4n) is 2.18. The number of carbonyl (C=O) groups excluding carboxylic acids is 1. The molecular formula is C19H22ClNO3. The fourth-order valence-corrected chi connectivity index (χ4v) is 2.30. The Balaban J connectivity index is 2.05. The van der Waals surface area contributed by atoms with E-state index in [4.69, 9.17) is 21.1 Å². The number of amides is 1. The second-order valence-electron chi connectivity index (χ2n) is 5.70. The van der Waals surface area contributed by atoms with Crippen molar-refractivity contribution in [3.63, 3.8) is 0 Å². The first-order chi connectivity index (χ1) is 11.5. The molecule has 0 saturated carbocycles. The summed E-state index contributed by atoms with van der Waals surface area (Å²) in [6, 6.07) is 12.7. The Labute approximate surface area is 147 Å². The predicted molar refractivity (Wildman–Crippen MR) is 95.5 cm³/mol. The lowest BCUT2D eigenvalue weighted by Gasteiger charge is -2.13. The monoisotopic (exact) mass is 347 g/mol. The van der Waals surface area contributed by atoms with E-state index in [1.54, 1.807) is 37.4 Å². The molecule has 0 saturated heterocycles. The molecule has 0 fully saturated rings. The molecule has 0 aliphatic carbocycles. The molecular weight excluding hydrogens is 326 g/mol. The Morgan fingerprint density at radius 1 is 1.17 bits per heavy atom. The molecule has 0 heterocycles. The van der Waals surface area contributed by atoms with Crippen molar-refractivity contribution in [2.24, 2.45) is 0 Å². The summed E-state index contributed by atoms with van der Waals surface area (Å²) < 4.78 is 11.0. The first-order valence-corrected chi connectivity index (χ1v) is 8.18. The van der Waals surface area contributed by atoms with Crippen molar-refractivity contribution >= 4 is 17.5 Å². The smallest absolute Gasteiger partial charge is 0.251 e. The van der Waals surface area contributed by atoms with Gasteiger partial charge in [0.25, 0.3) is 5.91 Å². The lowest BCUT2D eigenvalue weighted by atomic mass is 10.1. The van der Waals surface area contributed by atoms with Gasteiger partial charge in [0.2, 0.25) is 0 Å². The molecule has 24 heavy (non-hydrogen) atoms. The lowest BCUT2D eigenvalue weighted by Crippen LogP contribution is -2.23. The molecule has 0 aliphatic rings. The van der Waals surface area contributed by atoms with Gasteiger partial charge in [0.1, 0.15) is 5.75 Å².